The van der Waals surface area contributed by atoms with Crippen LogP contribution in [0.5, 0.6) is 0 Å². The van der Waals surface area contributed by atoms with Gasteiger partial charge < -0.3 is 9.84 Å². The lowest BCUT2D eigenvalue weighted by molar-refractivity contribution is -0.111. The van der Waals surface area contributed by atoms with Crippen LogP contribution in [0, 0.1) is 0 Å². The molecule has 6 rings (SSSR count). The van der Waals surface area contributed by atoms with Crippen LogP contribution in [0.3, 0.4) is 0 Å². The Morgan fingerprint density at radius 3 is 1.26 bits per heavy atom. The van der Waals surface area contributed by atoms with E-state index in [2.05, 4.69) is 0 Å². The van der Waals surface area contributed by atoms with E-state index in [1.807, 2.05) is 0 Å². The van der Waals surface area contributed by atoms with E-state index in [1.54, 1.807) is 6.07 Å². The van der Waals surface area contributed by atoms with Gasteiger partial charge in [0.1, 0.15) is 5.76 Å². The van der Waals surface area contributed by atoms with Crippen molar-refractivity contribution in [3.63, 3.8) is 0 Å². The Morgan fingerprint density at radius 1 is 0.436 bits per heavy atom. The van der Waals surface area contributed by atoms with Crippen LogP contribution in [-0.2, 0) is 9.53 Å². The first kappa shape index (κ1) is 23.9. The molecular weight excluding hydrogens is 500 g/mol. The zero-order chi connectivity index (χ0) is 27.6. The Morgan fingerprint density at radius 2 is 0.795 bits per heavy atom. The number of hydrogen-bond acceptors (Lipinski definition) is 8. The van der Waals surface area contributed by atoms with E-state index < -0.39 is 68.5 Å². The third-order valence-corrected chi connectivity index (χ3v) is 7.00. The first-order valence-electron chi connectivity index (χ1n) is 11.8. The number of allylic oxidation sites excluding steroid dienone is 5. The number of aliphatic hydroxyl groups excluding tert-OH is 1. The van der Waals surface area contributed by atoms with Gasteiger partial charge >= 0.3 is 0 Å². The molecule has 0 heterocycles. The van der Waals surface area contributed by atoms with Gasteiger partial charge in [0.2, 0.25) is 17.3 Å². The fourth-order valence-corrected chi connectivity index (χ4v) is 5.22. The maximum Gasteiger partial charge on any atom is 0.238 e. The highest BCUT2D eigenvalue weighted by Gasteiger charge is 2.46. The fraction of sp³-hybridized carbons (Fsp3) is 0.0323. The minimum Gasteiger partial charge on any atom is -0.506 e. The van der Waals surface area contributed by atoms with Gasteiger partial charge in [0.05, 0.1) is 18.3 Å². The molecule has 39 heavy (non-hydrogen) atoms. The van der Waals surface area contributed by atoms with E-state index in [0.717, 1.165) is 7.11 Å². The number of methoxy groups -OCH3 is 1. The van der Waals surface area contributed by atoms with Gasteiger partial charge in [-0.1, -0.05) is 72.8 Å². The summed E-state index contributed by atoms with van der Waals surface area (Å²) in [6, 6.07) is 17.5. The van der Waals surface area contributed by atoms with Gasteiger partial charge in [0.25, 0.3) is 0 Å². The molecule has 0 aromatic heterocycles. The Labute approximate surface area is 220 Å². The highest BCUT2D eigenvalue weighted by Crippen LogP contribution is 2.42. The minimum absolute atomic E-state index is 0.0135. The number of hydrogen-bond donors (Lipinski definition) is 1. The summed E-state index contributed by atoms with van der Waals surface area (Å²) in [6.45, 7) is 0. The van der Waals surface area contributed by atoms with E-state index in [-0.39, 0.29) is 33.4 Å². The highest BCUT2D eigenvalue weighted by atomic mass is 16.5. The molecule has 3 aromatic rings. The van der Waals surface area contributed by atoms with Gasteiger partial charge in [-0.2, -0.15) is 0 Å². The molecule has 0 amide bonds. The maximum absolute atomic E-state index is 14.0. The minimum atomic E-state index is -1.23. The molecule has 0 saturated carbocycles. The third-order valence-electron chi connectivity index (χ3n) is 7.00. The zero-order valence-corrected chi connectivity index (χ0v) is 20.2. The molecule has 3 aliphatic carbocycles. The van der Waals surface area contributed by atoms with Crippen LogP contribution in [0.4, 0.5) is 0 Å². The predicted octanol–water partition coefficient (Wildman–Crippen LogP) is 4.08. The number of aliphatic hydroxyl groups is 1. The van der Waals surface area contributed by atoms with E-state index in [9.17, 15) is 33.9 Å². The van der Waals surface area contributed by atoms with Crippen LogP contribution in [0.1, 0.15) is 57.4 Å². The standard InChI is InChI=1S/C31H16O8/c1-39-31-23(27(35)17-11-5-7-13-19(17)29(31)37)21-20(24(32)14-8-2-3-9-15(14)25(21)33)22-26(34)16-10-4-6-12-18(16)28(36)30(22)38/h2-13,34H,1H3. The maximum atomic E-state index is 14.0. The molecule has 0 fully saturated rings. The lowest BCUT2D eigenvalue weighted by Crippen LogP contribution is -2.34. The van der Waals surface area contributed by atoms with Crippen LogP contribution in [0.25, 0.3) is 5.76 Å². The number of ether oxygens (including phenoxy) is 1. The van der Waals surface area contributed by atoms with Crippen molar-refractivity contribution < 1.29 is 38.6 Å². The number of benzene rings is 3. The topological polar surface area (TPSA) is 132 Å². The van der Waals surface area contributed by atoms with E-state index >= 15 is 0 Å². The summed E-state index contributed by atoms with van der Waals surface area (Å²) in [5.74, 6) is -6.63. The summed E-state index contributed by atoms with van der Waals surface area (Å²) >= 11 is 0. The van der Waals surface area contributed by atoms with Gasteiger partial charge in [-0.25, -0.2) is 0 Å². The molecule has 0 saturated heterocycles. The predicted molar refractivity (Wildman–Crippen MR) is 137 cm³/mol. The monoisotopic (exact) mass is 516 g/mol. The van der Waals surface area contributed by atoms with Crippen molar-refractivity contribution in [2.24, 2.45) is 0 Å². The summed E-state index contributed by atoms with van der Waals surface area (Å²) in [5, 5.41) is 11.2. The summed E-state index contributed by atoms with van der Waals surface area (Å²) in [4.78, 5) is 81.7. The molecule has 188 valence electrons. The highest BCUT2D eigenvalue weighted by molar-refractivity contribution is 6.55. The molecule has 0 spiro atoms. The lowest BCUT2D eigenvalue weighted by atomic mass is 9.72. The number of rotatable bonds is 3. The van der Waals surface area contributed by atoms with Crippen molar-refractivity contribution in [1.82, 2.24) is 0 Å². The molecule has 0 atom stereocenters. The summed E-state index contributed by atoms with van der Waals surface area (Å²) < 4.78 is 5.32. The number of fused-ring (bicyclic) bond motifs is 3. The molecule has 0 bridgehead atoms. The molecular formula is C31H16O8. The van der Waals surface area contributed by atoms with E-state index in [0.29, 0.717) is 0 Å². The number of Topliss-reactive ketones (excluding diaryl/α,β-unsaturated/α-hetero) is 6. The average Bonchev–Trinajstić information content (AvgIpc) is 2.96. The summed E-state index contributed by atoms with van der Waals surface area (Å²) in [5.41, 5.74) is -2.71. The van der Waals surface area contributed by atoms with Crippen molar-refractivity contribution in [2.45, 2.75) is 0 Å². The second-order valence-corrected chi connectivity index (χ2v) is 8.99. The van der Waals surface area contributed by atoms with Gasteiger partial charge in [-0.3, -0.25) is 28.8 Å². The van der Waals surface area contributed by atoms with Crippen LogP contribution < -0.4 is 0 Å². The first-order chi connectivity index (χ1) is 18.8. The average molecular weight is 516 g/mol. The van der Waals surface area contributed by atoms with Gasteiger partial charge in [-0.15, -0.1) is 0 Å². The second-order valence-electron chi connectivity index (χ2n) is 8.99. The number of carbonyl (C=O) groups excluding carboxylic acids is 6. The third kappa shape index (κ3) is 3.18. The van der Waals surface area contributed by atoms with Crippen LogP contribution in [-0.4, -0.2) is 46.9 Å². The molecule has 8 heteroatoms. The van der Waals surface area contributed by atoms with Gasteiger partial charge in [0, 0.05) is 44.5 Å². The summed E-state index contributed by atoms with van der Waals surface area (Å²) in [6.07, 6.45) is 0. The van der Waals surface area contributed by atoms with Crippen molar-refractivity contribution in [3.05, 3.63) is 134 Å². The van der Waals surface area contributed by atoms with Crippen LogP contribution in [0.2, 0.25) is 0 Å². The Balaban J connectivity index is 1.76. The van der Waals surface area contributed by atoms with Crippen molar-refractivity contribution in [1.29, 1.82) is 0 Å². The van der Waals surface area contributed by atoms with Gasteiger partial charge in [0.15, 0.2) is 23.1 Å². The normalized spacial score (nSPS) is 16.9. The lowest BCUT2D eigenvalue weighted by Gasteiger charge is -2.28. The molecule has 8 nitrogen and oxygen atoms in total. The van der Waals surface area contributed by atoms with Crippen molar-refractivity contribution in [3.8, 4) is 0 Å². The molecule has 3 aromatic carbocycles. The quantitative estimate of drug-likeness (QED) is 0.515. The largest absolute Gasteiger partial charge is 0.506 e. The fourth-order valence-electron chi connectivity index (χ4n) is 5.22. The summed E-state index contributed by atoms with van der Waals surface area (Å²) in [7, 11) is 1.14. The number of carbonyl (C=O) groups is 6. The smallest absolute Gasteiger partial charge is 0.238 e. The van der Waals surface area contributed by atoms with Crippen LogP contribution in [0.15, 0.2) is 101 Å². The second kappa shape index (κ2) is 8.53. The molecule has 0 aliphatic heterocycles. The Bertz CT molecular complexity index is 1850. The SMILES string of the molecule is COC1=C(C2=C(C3=C(O)c4ccccc4C(=O)C3=O)C(=O)c3ccccc3C2=O)C(=O)c2ccccc2C1=O. The van der Waals surface area contributed by atoms with Gasteiger partial charge in [-0.05, 0) is 0 Å². The number of ketones is 6. The van der Waals surface area contributed by atoms with Crippen molar-refractivity contribution in [2.75, 3.05) is 7.11 Å². The molecule has 3 aliphatic rings. The molecule has 0 unspecified atom stereocenters. The molecule has 0 radical (unpaired) electrons. The zero-order valence-electron chi connectivity index (χ0n) is 20.2. The van der Waals surface area contributed by atoms with E-state index in [4.69, 9.17) is 4.74 Å². The first-order valence-corrected chi connectivity index (χ1v) is 11.8. The van der Waals surface area contributed by atoms with Crippen molar-refractivity contribution >= 4 is 40.5 Å². The Hall–Kier alpha value is -5.50. The Kier molecular flexibility index (Phi) is 5.22. The van der Waals surface area contributed by atoms with Crippen LogP contribution >= 0.6 is 0 Å². The van der Waals surface area contributed by atoms with E-state index in [1.165, 1.54) is 66.7 Å². The molecule has 1 N–H and O–H groups in total.